The number of rotatable bonds is 13. The molecule has 3 unspecified atom stereocenters. The summed E-state index contributed by atoms with van der Waals surface area (Å²) < 4.78 is 34.7. The average molecular weight is 650 g/mol. The van der Waals surface area contributed by atoms with E-state index in [-0.39, 0.29) is 24.2 Å². The minimum absolute atomic E-state index is 0.241. The average Bonchev–Trinajstić information content (AvgIpc) is 3.11. The smallest absolute Gasteiger partial charge is 0.251 e. The number of hydrazone groups is 1. The number of aromatic nitrogens is 1. The maximum absolute atomic E-state index is 15.6. The molecule has 0 aliphatic carbocycles. The van der Waals surface area contributed by atoms with Crippen LogP contribution in [0.5, 0.6) is 0 Å². The summed E-state index contributed by atoms with van der Waals surface area (Å²) in [4.78, 5) is 29.2. The summed E-state index contributed by atoms with van der Waals surface area (Å²) in [6, 6.07) is 10.3. The number of hydrogen-bond acceptors (Lipinski definition) is 7. The van der Waals surface area contributed by atoms with Crippen molar-refractivity contribution < 1.29 is 23.1 Å². The molecule has 254 valence electrons. The molecule has 1 amide bonds. The number of pyridine rings is 1. The van der Waals surface area contributed by atoms with Gasteiger partial charge in [-0.15, -0.1) is 13.2 Å². The van der Waals surface area contributed by atoms with Crippen LogP contribution in [-0.2, 0) is 14.3 Å². The van der Waals surface area contributed by atoms with Crippen molar-refractivity contribution in [3.63, 3.8) is 0 Å². The molecular formula is C37H49F2N5O3. The van der Waals surface area contributed by atoms with Crippen LogP contribution in [0.25, 0.3) is 0 Å². The minimum Gasteiger partial charge on any atom is -0.496 e. The third-order valence-corrected chi connectivity index (χ3v) is 7.25. The highest BCUT2D eigenvalue weighted by atomic mass is 19.1. The van der Waals surface area contributed by atoms with Gasteiger partial charge in [0.25, 0.3) is 5.91 Å². The Labute approximate surface area is 278 Å². The molecule has 0 fully saturated rings. The van der Waals surface area contributed by atoms with E-state index >= 15 is 4.39 Å². The number of nitrogens with zero attached hydrogens (tertiary/aromatic N) is 3. The molecule has 8 nitrogen and oxygen atoms in total. The molecule has 1 aliphatic rings. The summed E-state index contributed by atoms with van der Waals surface area (Å²) in [5, 5.41) is 9.08. The lowest BCUT2D eigenvalue weighted by atomic mass is 9.98. The van der Waals surface area contributed by atoms with E-state index in [1.54, 1.807) is 50.5 Å². The summed E-state index contributed by atoms with van der Waals surface area (Å²) in [6.45, 7) is 15.1. The third-order valence-electron chi connectivity index (χ3n) is 7.25. The Bertz CT molecular complexity index is 1450. The summed E-state index contributed by atoms with van der Waals surface area (Å²) in [5.74, 6) is -1.17. The molecule has 10 heteroatoms. The lowest BCUT2D eigenvalue weighted by Crippen LogP contribution is -2.30. The van der Waals surface area contributed by atoms with E-state index in [1.165, 1.54) is 31.3 Å². The monoisotopic (exact) mass is 649 g/mol. The van der Waals surface area contributed by atoms with Gasteiger partial charge in [-0.1, -0.05) is 44.5 Å². The van der Waals surface area contributed by atoms with E-state index in [4.69, 9.17) is 4.74 Å². The number of halogens is 2. The molecule has 2 aromatic rings. The van der Waals surface area contributed by atoms with Crippen LogP contribution in [-0.4, -0.2) is 48.1 Å². The highest BCUT2D eigenvalue weighted by Crippen LogP contribution is 2.29. The Morgan fingerprint density at radius 2 is 1.83 bits per heavy atom. The number of benzene rings is 1. The van der Waals surface area contributed by atoms with Crippen molar-refractivity contribution in [3.05, 3.63) is 126 Å². The fraction of sp³-hybridized carbons (Fsp3) is 0.351. The predicted octanol–water partition coefficient (Wildman–Crippen LogP) is 7.49. The fourth-order valence-electron chi connectivity index (χ4n) is 4.75. The van der Waals surface area contributed by atoms with E-state index in [0.717, 1.165) is 17.6 Å². The lowest BCUT2D eigenvalue weighted by molar-refractivity contribution is -0.118. The largest absolute Gasteiger partial charge is 0.496 e. The van der Waals surface area contributed by atoms with Gasteiger partial charge in [-0.2, -0.15) is 5.10 Å². The van der Waals surface area contributed by atoms with Gasteiger partial charge in [-0.3, -0.25) is 14.8 Å². The van der Waals surface area contributed by atoms with Crippen molar-refractivity contribution in [1.29, 1.82) is 0 Å². The van der Waals surface area contributed by atoms with E-state index in [1.807, 2.05) is 39.0 Å². The van der Waals surface area contributed by atoms with Crippen LogP contribution < -0.4 is 11.1 Å². The Balaban J connectivity index is 0.00000265. The topological polar surface area (TPSA) is 110 Å². The van der Waals surface area contributed by atoms with Gasteiger partial charge in [-0.25, -0.2) is 8.78 Å². The summed E-state index contributed by atoms with van der Waals surface area (Å²) in [6.07, 6.45) is 8.93. The zero-order valence-electron chi connectivity index (χ0n) is 28.6. The Hall–Kier alpha value is -4.70. The van der Waals surface area contributed by atoms with Gasteiger partial charge in [0.05, 0.1) is 36.0 Å². The van der Waals surface area contributed by atoms with Crippen molar-refractivity contribution in [1.82, 2.24) is 15.3 Å². The summed E-state index contributed by atoms with van der Waals surface area (Å²) in [7, 11) is 3.01. The molecule has 0 radical (unpaired) electrons. The molecule has 3 atom stereocenters. The number of ether oxygens (including phenoxy) is 1. The van der Waals surface area contributed by atoms with Crippen molar-refractivity contribution in [2.24, 2.45) is 16.8 Å². The van der Waals surface area contributed by atoms with Gasteiger partial charge in [-0.05, 0) is 87.7 Å². The van der Waals surface area contributed by atoms with Crippen LogP contribution in [0.4, 0.5) is 8.78 Å². The SMILES string of the molecule is C=C.CC/C(C(=O)NC(CC)c1ccccn1)=C(\C=C(\C)CC1=C(F)C(C)N(/N=C(/c2ccc(F)cc2)C(C)C=O)C=C1)OC.CN. The van der Waals surface area contributed by atoms with Crippen LogP contribution in [0.2, 0.25) is 0 Å². The quantitative estimate of drug-likeness (QED) is 0.0581. The van der Waals surface area contributed by atoms with Gasteiger partial charge in [0.1, 0.15) is 29.7 Å². The molecule has 0 spiro atoms. The molecule has 0 saturated carbocycles. The minimum atomic E-state index is -0.728. The lowest BCUT2D eigenvalue weighted by Gasteiger charge is -2.28. The van der Waals surface area contributed by atoms with E-state index in [9.17, 15) is 14.0 Å². The van der Waals surface area contributed by atoms with E-state index in [0.29, 0.717) is 41.0 Å². The Morgan fingerprint density at radius 1 is 1.17 bits per heavy atom. The molecule has 1 aromatic heterocycles. The van der Waals surface area contributed by atoms with Crippen LogP contribution in [0.3, 0.4) is 0 Å². The van der Waals surface area contributed by atoms with Gasteiger partial charge < -0.3 is 20.6 Å². The second-order valence-corrected chi connectivity index (χ2v) is 10.4. The Kier molecular flexibility index (Phi) is 18.2. The zero-order chi connectivity index (χ0) is 35.5. The molecule has 3 N–H and O–H groups in total. The second-order valence-electron chi connectivity index (χ2n) is 10.4. The molecule has 0 bridgehead atoms. The Morgan fingerprint density at radius 3 is 2.36 bits per heavy atom. The first kappa shape index (κ1) is 40.3. The van der Waals surface area contributed by atoms with Crippen molar-refractivity contribution in [2.45, 2.75) is 66.0 Å². The maximum Gasteiger partial charge on any atom is 0.251 e. The number of nitrogens with two attached hydrogens (primary N) is 1. The number of aldehydes is 1. The molecule has 2 heterocycles. The standard InChI is InChI=1S/C34H40F2N4O3.C2H4.CH5N/c1-7-28(34(42)38-29(8-2)30-11-9-10-17-37-30)31(43-6)20-22(3)19-26-16-18-40(24(5)32(26)36)39-33(23(4)21-41)25-12-14-27(35)15-13-25;2*1-2/h9-18,20-21,23-24,29H,7-8,19H2,1-6H3,(H,38,42);1-2H2;2H2,1H3/b22-20-,31-28-,39-33+;;. The second kappa shape index (κ2) is 21.2. The van der Waals surface area contributed by atoms with Crippen molar-refractivity contribution >= 4 is 17.9 Å². The van der Waals surface area contributed by atoms with Crippen LogP contribution >= 0.6 is 0 Å². The van der Waals surface area contributed by atoms with Gasteiger partial charge in [0.15, 0.2) is 0 Å². The van der Waals surface area contributed by atoms with E-state index < -0.39 is 17.8 Å². The first-order chi connectivity index (χ1) is 22.6. The number of allylic oxidation sites excluding steroid dienone is 4. The normalized spacial score (nSPS) is 16.5. The predicted molar refractivity (Wildman–Crippen MR) is 186 cm³/mol. The van der Waals surface area contributed by atoms with Crippen LogP contribution in [0.1, 0.15) is 71.2 Å². The fourth-order valence-corrected chi connectivity index (χ4v) is 4.75. The highest BCUT2D eigenvalue weighted by molar-refractivity contribution is 6.08. The van der Waals surface area contributed by atoms with Gasteiger partial charge in [0, 0.05) is 12.4 Å². The third kappa shape index (κ3) is 11.6. The van der Waals surface area contributed by atoms with E-state index in [2.05, 4.69) is 34.3 Å². The number of nitrogens with one attached hydrogen (secondary N) is 1. The number of methoxy groups -OCH3 is 1. The molecule has 1 aromatic carbocycles. The number of amides is 1. The van der Waals surface area contributed by atoms with Crippen LogP contribution in [0, 0.1) is 11.7 Å². The highest BCUT2D eigenvalue weighted by Gasteiger charge is 2.25. The molecular weight excluding hydrogens is 600 g/mol. The zero-order valence-corrected chi connectivity index (χ0v) is 28.6. The summed E-state index contributed by atoms with van der Waals surface area (Å²) in [5.41, 5.74) is 8.02. The molecule has 47 heavy (non-hydrogen) atoms. The maximum atomic E-state index is 15.6. The number of hydrogen-bond donors (Lipinski definition) is 2. The van der Waals surface area contributed by atoms with Crippen molar-refractivity contribution in [3.8, 4) is 0 Å². The van der Waals surface area contributed by atoms with Gasteiger partial charge >= 0.3 is 0 Å². The van der Waals surface area contributed by atoms with Crippen molar-refractivity contribution in [2.75, 3.05) is 14.2 Å². The molecule has 1 aliphatic heterocycles. The summed E-state index contributed by atoms with van der Waals surface area (Å²) >= 11 is 0. The first-order valence-corrected chi connectivity index (χ1v) is 15.5. The van der Waals surface area contributed by atoms with Gasteiger partial charge in [0.2, 0.25) is 0 Å². The number of carbonyl (C=O) groups is 2. The molecule has 0 saturated heterocycles. The first-order valence-electron chi connectivity index (χ1n) is 15.5. The molecule has 3 rings (SSSR count). The number of carbonyl (C=O) groups excluding carboxylic acids is 2. The van der Waals surface area contributed by atoms with Crippen LogP contribution in [0.15, 0.2) is 114 Å².